The maximum absolute atomic E-state index is 13.3. The fourth-order valence-corrected chi connectivity index (χ4v) is 4.99. The van der Waals surface area contributed by atoms with Gasteiger partial charge < -0.3 is 14.8 Å². The van der Waals surface area contributed by atoms with Gasteiger partial charge in [0.1, 0.15) is 11.5 Å². The first kappa shape index (κ1) is 22.2. The van der Waals surface area contributed by atoms with Gasteiger partial charge in [0, 0.05) is 24.7 Å². The number of nitrogens with one attached hydrogen (secondary N) is 1. The minimum Gasteiger partial charge on any atom is -0.495 e. The molecule has 1 aliphatic rings. The molecule has 162 valence electrons. The third kappa shape index (κ3) is 4.49. The van der Waals surface area contributed by atoms with E-state index in [9.17, 15) is 13.2 Å². The quantitative estimate of drug-likeness (QED) is 0.689. The van der Waals surface area contributed by atoms with Crippen molar-refractivity contribution in [2.45, 2.75) is 36.6 Å². The minimum absolute atomic E-state index is 0.00179. The second kappa shape index (κ2) is 9.14. The lowest BCUT2D eigenvalue weighted by Gasteiger charge is -2.23. The Morgan fingerprint density at radius 3 is 2.40 bits per heavy atom. The third-order valence-corrected chi connectivity index (χ3v) is 7.30. The maximum Gasteiger partial charge on any atom is 0.264 e. The van der Waals surface area contributed by atoms with Crippen LogP contribution in [-0.2, 0) is 10.0 Å². The number of hydrogen-bond acceptors (Lipinski definition) is 5. The zero-order chi connectivity index (χ0) is 21.9. The largest absolute Gasteiger partial charge is 0.495 e. The van der Waals surface area contributed by atoms with Crippen molar-refractivity contribution < 1.29 is 22.7 Å². The molecule has 0 heterocycles. The first-order valence-electron chi connectivity index (χ1n) is 9.59. The van der Waals surface area contributed by atoms with Crippen LogP contribution in [0.3, 0.4) is 0 Å². The highest BCUT2D eigenvalue weighted by Gasteiger charge is 2.26. The van der Waals surface area contributed by atoms with Crippen molar-refractivity contribution in [1.29, 1.82) is 0 Å². The standard InChI is InChI=1S/C21H25ClN2O5S/c1-24(18-12-17(22)19(28-2)13-20(18)29-3)30(26,27)16-10-6-7-14(11-16)21(25)23-15-8-4-5-9-15/h6-7,10-13,15H,4-5,8-9H2,1-3H3,(H,23,25). The van der Waals surface area contributed by atoms with Crippen molar-refractivity contribution in [3.05, 3.63) is 47.0 Å². The zero-order valence-electron chi connectivity index (χ0n) is 17.1. The highest BCUT2D eigenvalue weighted by molar-refractivity contribution is 7.92. The van der Waals surface area contributed by atoms with Crippen molar-refractivity contribution >= 4 is 33.2 Å². The number of benzene rings is 2. The normalized spacial score (nSPS) is 14.4. The van der Waals surface area contributed by atoms with Crippen LogP contribution in [0.15, 0.2) is 41.3 Å². The third-order valence-electron chi connectivity index (χ3n) is 5.24. The average molecular weight is 453 g/mol. The van der Waals surface area contributed by atoms with Crippen molar-refractivity contribution in [2.75, 3.05) is 25.6 Å². The number of amides is 1. The van der Waals surface area contributed by atoms with Gasteiger partial charge in [-0.3, -0.25) is 9.10 Å². The van der Waals surface area contributed by atoms with Crippen LogP contribution in [0.1, 0.15) is 36.0 Å². The molecule has 0 aliphatic heterocycles. The summed E-state index contributed by atoms with van der Waals surface area (Å²) in [6, 6.07) is 9.13. The van der Waals surface area contributed by atoms with E-state index in [2.05, 4.69) is 5.32 Å². The van der Waals surface area contributed by atoms with Crippen molar-refractivity contribution in [1.82, 2.24) is 5.32 Å². The summed E-state index contributed by atoms with van der Waals surface area (Å²) >= 11 is 6.19. The molecule has 1 aliphatic carbocycles. The Balaban J connectivity index is 1.91. The van der Waals surface area contributed by atoms with Crippen LogP contribution < -0.4 is 19.1 Å². The Morgan fingerprint density at radius 1 is 1.10 bits per heavy atom. The van der Waals surface area contributed by atoms with E-state index in [0.717, 1.165) is 30.0 Å². The second-order valence-corrected chi connectivity index (χ2v) is 9.49. The Morgan fingerprint density at radius 2 is 1.77 bits per heavy atom. The van der Waals surface area contributed by atoms with Crippen molar-refractivity contribution in [3.8, 4) is 11.5 Å². The molecular formula is C21H25ClN2O5S. The van der Waals surface area contributed by atoms with Gasteiger partial charge in [0.05, 0.1) is 29.8 Å². The molecule has 0 bridgehead atoms. The summed E-state index contributed by atoms with van der Waals surface area (Å²) in [6.07, 6.45) is 4.09. The van der Waals surface area contributed by atoms with E-state index in [0.29, 0.717) is 11.3 Å². The monoisotopic (exact) mass is 452 g/mol. The topological polar surface area (TPSA) is 84.9 Å². The number of hydrogen-bond donors (Lipinski definition) is 1. The highest BCUT2D eigenvalue weighted by Crippen LogP contribution is 2.39. The molecule has 30 heavy (non-hydrogen) atoms. The van der Waals surface area contributed by atoms with Gasteiger partial charge in [-0.25, -0.2) is 8.42 Å². The first-order chi connectivity index (χ1) is 14.3. The van der Waals surface area contributed by atoms with Crippen molar-refractivity contribution in [3.63, 3.8) is 0 Å². The van der Waals surface area contributed by atoms with Gasteiger partial charge in [0.25, 0.3) is 15.9 Å². The predicted molar refractivity (Wildman–Crippen MR) is 116 cm³/mol. The van der Waals surface area contributed by atoms with Gasteiger partial charge in [-0.05, 0) is 37.1 Å². The molecule has 7 nitrogen and oxygen atoms in total. The Kier molecular flexibility index (Phi) is 6.77. The lowest BCUT2D eigenvalue weighted by molar-refractivity contribution is 0.0937. The van der Waals surface area contributed by atoms with Gasteiger partial charge in [0.15, 0.2) is 0 Å². The molecule has 9 heteroatoms. The van der Waals surface area contributed by atoms with E-state index in [1.54, 1.807) is 12.1 Å². The molecule has 1 fully saturated rings. The highest BCUT2D eigenvalue weighted by atomic mass is 35.5. The van der Waals surface area contributed by atoms with E-state index in [1.807, 2.05) is 0 Å². The number of carbonyl (C=O) groups is 1. The number of nitrogens with zero attached hydrogens (tertiary/aromatic N) is 1. The molecule has 3 rings (SSSR count). The number of methoxy groups -OCH3 is 2. The van der Waals surface area contributed by atoms with Crippen LogP contribution in [-0.4, -0.2) is 41.6 Å². The van der Waals surface area contributed by atoms with E-state index < -0.39 is 10.0 Å². The summed E-state index contributed by atoms with van der Waals surface area (Å²) in [5.41, 5.74) is 0.556. The fraction of sp³-hybridized carbons (Fsp3) is 0.381. The molecule has 0 radical (unpaired) electrons. The van der Waals surface area contributed by atoms with E-state index >= 15 is 0 Å². The number of ether oxygens (including phenoxy) is 2. The summed E-state index contributed by atoms with van der Waals surface area (Å²) in [6.45, 7) is 0. The Bertz CT molecular complexity index is 1040. The van der Waals surface area contributed by atoms with Crippen LogP contribution in [0.25, 0.3) is 0 Å². The minimum atomic E-state index is -3.97. The number of carbonyl (C=O) groups excluding carboxylic acids is 1. The van der Waals surface area contributed by atoms with Crippen molar-refractivity contribution in [2.24, 2.45) is 0 Å². The first-order valence-corrected chi connectivity index (χ1v) is 11.4. The van der Waals surface area contributed by atoms with Crippen LogP contribution >= 0.6 is 11.6 Å². The SMILES string of the molecule is COc1cc(OC)c(N(C)S(=O)(=O)c2cccc(C(=O)NC3CCCC3)c2)cc1Cl. The van der Waals surface area contributed by atoms with Crippen LogP contribution in [0.5, 0.6) is 11.5 Å². The molecular weight excluding hydrogens is 428 g/mol. The maximum atomic E-state index is 13.3. The molecule has 0 spiro atoms. The second-order valence-electron chi connectivity index (χ2n) is 7.11. The summed E-state index contributed by atoms with van der Waals surface area (Å²) in [7, 11) is 0.326. The average Bonchev–Trinajstić information content (AvgIpc) is 3.26. The lowest BCUT2D eigenvalue weighted by atomic mass is 10.2. The zero-order valence-corrected chi connectivity index (χ0v) is 18.7. The molecule has 2 aromatic carbocycles. The van der Waals surface area contributed by atoms with Gasteiger partial charge in [0.2, 0.25) is 0 Å². The molecule has 0 atom stereocenters. The lowest BCUT2D eigenvalue weighted by Crippen LogP contribution is -2.33. The fourth-order valence-electron chi connectivity index (χ4n) is 3.51. The van der Waals surface area contributed by atoms with E-state index in [1.165, 1.54) is 45.5 Å². The number of halogens is 1. The molecule has 0 aromatic heterocycles. The molecule has 1 N–H and O–H groups in total. The number of anilines is 1. The Labute approximate surface area is 182 Å². The van der Waals surface area contributed by atoms with Gasteiger partial charge >= 0.3 is 0 Å². The molecule has 0 saturated heterocycles. The number of sulfonamides is 1. The Hall–Kier alpha value is -2.45. The van der Waals surface area contributed by atoms with Gasteiger partial charge in [-0.2, -0.15) is 0 Å². The van der Waals surface area contributed by atoms with Crippen LogP contribution in [0.2, 0.25) is 5.02 Å². The summed E-state index contributed by atoms with van der Waals surface area (Å²) in [4.78, 5) is 12.6. The van der Waals surface area contributed by atoms with E-state index in [-0.39, 0.29) is 33.3 Å². The molecule has 2 aromatic rings. The van der Waals surface area contributed by atoms with Crippen LogP contribution in [0.4, 0.5) is 5.69 Å². The number of rotatable bonds is 7. The summed E-state index contributed by atoms with van der Waals surface area (Å²) < 4.78 is 38.1. The summed E-state index contributed by atoms with van der Waals surface area (Å²) in [5.74, 6) is 0.387. The smallest absolute Gasteiger partial charge is 0.264 e. The molecule has 0 unspecified atom stereocenters. The predicted octanol–water partition coefficient (Wildman–Crippen LogP) is 3.85. The summed E-state index contributed by atoms with van der Waals surface area (Å²) in [5, 5.41) is 3.22. The van der Waals surface area contributed by atoms with Gasteiger partial charge in [-0.15, -0.1) is 0 Å². The van der Waals surface area contributed by atoms with Gasteiger partial charge in [-0.1, -0.05) is 30.5 Å². The molecule has 1 amide bonds. The molecule has 1 saturated carbocycles. The van der Waals surface area contributed by atoms with Crippen LogP contribution in [0, 0.1) is 0 Å². The van der Waals surface area contributed by atoms with E-state index in [4.69, 9.17) is 21.1 Å².